The third-order valence-electron chi connectivity index (χ3n) is 2.93. The van der Waals surface area contributed by atoms with Gasteiger partial charge in [0.2, 0.25) is 5.91 Å². The number of hydrogen-bond acceptors (Lipinski definition) is 4. The van der Waals surface area contributed by atoms with Gasteiger partial charge in [0.1, 0.15) is 0 Å². The highest BCUT2D eigenvalue weighted by atomic mass is 16.5. The van der Waals surface area contributed by atoms with E-state index in [0.29, 0.717) is 26.2 Å². The van der Waals surface area contributed by atoms with E-state index in [2.05, 4.69) is 10.3 Å². The summed E-state index contributed by atoms with van der Waals surface area (Å²) in [4.78, 5) is 17.7. The van der Waals surface area contributed by atoms with Crippen LogP contribution in [-0.2, 0) is 16.1 Å². The number of hydrogen-bond donors (Lipinski definition) is 1. The van der Waals surface area contributed by atoms with Crippen LogP contribution < -0.4 is 5.32 Å². The summed E-state index contributed by atoms with van der Waals surface area (Å²) in [6.45, 7) is 4.22. The van der Waals surface area contributed by atoms with Gasteiger partial charge in [-0.3, -0.25) is 9.78 Å². The minimum absolute atomic E-state index is 0.206. The number of nitrogens with one attached hydrogen (secondary N) is 1. The number of amides is 1. The van der Waals surface area contributed by atoms with E-state index >= 15 is 0 Å². The number of pyridine rings is 1. The molecule has 2 rings (SSSR count). The SMILES string of the molecule is O=C(CCNCc1cccnc1)N1CCOCC1. The summed E-state index contributed by atoms with van der Waals surface area (Å²) in [6.07, 6.45) is 4.13. The summed E-state index contributed by atoms with van der Waals surface area (Å²) in [7, 11) is 0. The Morgan fingerprint density at radius 3 is 3.00 bits per heavy atom. The molecule has 0 aromatic carbocycles. The van der Waals surface area contributed by atoms with Gasteiger partial charge in [-0.2, -0.15) is 0 Å². The number of rotatable bonds is 5. The number of ether oxygens (including phenoxy) is 1. The van der Waals surface area contributed by atoms with Crippen molar-refractivity contribution in [3.05, 3.63) is 30.1 Å². The van der Waals surface area contributed by atoms with Gasteiger partial charge < -0.3 is 15.0 Å². The Hall–Kier alpha value is -1.46. The first-order chi connectivity index (χ1) is 8.86. The van der Waals surface area contributed by atoms with E-state index in [1.165, 1.54) is 0 Å². The van der Waals surface area contributed by atoms with E-state index in [4.69, 9.17) is 4.74 Å². The van der Waals surface area contributed by atoms with Crippen LogP contribution in [0.5, 0.6) is 0 Å². The maximum absolute atomic E-state index is 11.8. The highest BCUT2D eigenvalue weighted by Crippen LogP contribution is 2.00. The van der Waals surface area contributed by atoms with Gasteiger partial charge in [-0.1, -0.05) is 6.07 Å². The predicted octanol–water partition coefficient (Wildman–Crippen LogP) is 0.420. The molecule has 5 nitrogen and oxygen atoms in total. The first-order valence-corrected chi connectivity index (χ1v) is 6.31. The Morgan fingerprint density at radius 1 is 1.44 bits per heavy atom. The zero-order valence-corrected chi connectivity index (χ0v) is 10.5. The average Bonchev–Trinajstić information content (AvgIpc) is 2.45. The molecule has 0 unspecified atom stereocenters. The molecule has 1 N–H and O–H groups in total. The van der Waals surface area contributed by atoms with Crippen LogP contribution >= 0.6 is 0 Å². The van der Waals surface area contributed by atoms with Crippen LogP contribution in [0.2, 0.25) is 0 Å². The molecule has 0 aliphatic carbocycles. The van der Waals surface area contributed by atoms with Crippen LogP contribution in [0.1, 0.15) is 12.0 Å². The van der Waals surface area contributed by atoms with E-state index in [1.807, 2.05) is 23.2 Å². The van der Waals surface area contributed by atoms with Crippen molar-refractivity contribution in [3.8, 4) is 0 Å². The summed E-state index contributed by atoms with van der Waals surface area (Å²) in [5.41, 5.74) is 1.14. The molecule has 2 heterocycles. The van der Waals surface area contributed by atoms with Gasteiger partial charge in [0.25, 0.3) is 0 Å². The Labute approximate surface area is 107 Å². The average molecular weight is 249 g/mol. The van der Waals surface area contributed by atoms with Gasteiger partial charge in [0, 0.05) is 45.0 Å². The Kier molecular flexibility index (Phi) is 5.11. The zero-order chi connectivity index (χ0) is 12.6. The van der Waals surface area contributed by atoms with E-state index in [1.54, 1.807) is 6.20 Å². The summed E-state index contributed by atoms with van der Waals surface area (Å²) in [6, 6.07) is 3.93. The molecule has 0 saturated carbocycles. The van der Waals surface area contributed by atoms with Crippen LogP contribution in [0, 0.1) is 0 Å². The van der Waals surface area contributed by atoms with Gasteiger partial charge in [-0.05, 0) is 11.6 Å². The van der Waals surface area contributed by atoms with Crippen molar-refractivity contribution in [3.63, 3.8) is 0 Å². The molecule has 1 aliphatic heterocycles. The van der Waals surface area contributed by atoms with Gasteiger partial charge in [-0.15, -0.1) is 0 Å². The van der Waals surface area contributed by atoms with E-state index < -0.39 is 0 Å². The van der Waals surface area contributed by atoms with Gasteiger partial charge >= 0.3 is 0 Å². The maximum atomic E-state index is 11.8. The smallest absolute Gasteiger partial charge is 0.224 e. The molecule has 1 amide bonds. The first-order valence-electron chi connectivity index (χ1n) is 6.31. The fourth-order valence-corrected chi connectivity index (χ4v) is 1.90. The van der Waals surface area contributed by atoms with Gasteiger partial charge in [-0.25, -0.2) is 0 Å². The molecule has 1 saturated heterocycles. The second-order valence-electron chi connectivity index (χ2n) is 4.28. The topological polar surface area (TPSA) is 54.5 Å². The van der Waals surface area contributed by atoms with Crippen molar-refractivity contribution in [1.82, 2.24) is 15.2 Å². The molecule has 1 aromatic heterocycles. The molecule has 0 spiro atoms. The Balaban J connectivity index is 1.61. The minimum Gasteiger partial charge on any atom is -0.378 e. The summed E-state index contributed by atoms with van der Waals surface area (Å²) < 4.78 is 5.22. The number of carbonyl (C=O) groups is 1. The van der Waals surface area contributed by atoms with Crippen LogP contribution in [0.4, 0.5) is 0 Å². The van der Waals surface area contributed by atoms with Crippen molar-refractivity contribution in [1.29, 1.82) is 0 Å². The predicted molar refractivity (Wildman–Crippen MR) is 68.0 cm³/mol. The Morgan fingerprint density at radius 2 is 2.28 bits per heavy atom. The number of morpholine rings is 1. The van der Waals surface area contributed by atoms with Crippen molar-refractivity contribution in [2.24, 2.45) is 0 Å². The summed E-state index contributed by atoms with van der Waals surface area (Å²) in [5.74, 6) is 0.206. The van der Waals surface area contributed by atoms with Gasteiger partial charge in [0.15, 0.2) is 0 Å². The lowest BCUT2D eigenvalue weighted by Gasteiger charge is -2.26. The number of nitrogens with zero attached hydrogens (tertiary/aromatic N) is 2. The molecule has 0 radical (unpaired) electrons. The third kappa shape index (κ3) is 4.09. The van der Waals surface area contributed by atoms with Crippen molar-refractivity contribution >= 4 is 5.91 Å². The maximum Gasteiger partial charge on any atom is 0.224 e. The second-order valence-corrected chi connectivity index (χ2v) is 4.28. The lowest BCUT2D eigenvalue weighted by molar-refractivity contribution is -0.135. The lowest BCUT2D eigenvalue weighted by atomic mass is 10.3. The van der Waals surface area contributed by atoms with E-state index in [-0.39, 0.29) is 5.91 Å². The molecule has 98 valence electrons. The molecule has 0 bridgehead atoms. The first kappa shape index (κ1) is 13.0. The van der Waals surface area contributed by atoms with Crippen molar-refractivity contribution in [2.75, 3.05) is 32.8 Å². The van der Waals surface area contributed by atoms with E-state index in [0.717, 1.165) is 25.2 Å². The summed E-state index contributed by atoms with van der Waals surface area (Å²) >= 11 is 0. The molecular weight excluding hydrogens is 230 g/mol. The molecule has 0 atom stereocenters. The molecule has 18 heavy (non-hydrogen) atoms. The zero-order valence-electron chi connectivity index (χ0n) is 10.5. The fourth-order valence-electron chi connectivity index (χ4n) is 1.90. The van der Waals surface area contributed by atoms with Crippen LogP contribution in [-0.4, -0.2) is 48.6 Å². The second kappa shape index (κ2) is 7.08. The molecule has 1 fully saturated rings. The highest BCUT2D eigenvalue weighted by Gasteiger charge is 2.15. The Bertz CT molecular complexity index is 364. The molecular formula is C13H19N3O2. The largest absolute Gasteiger partial charge is 0.378 e. The fraction of sp³-hybridized carbons (Fsp3) is 0.538. The number of carbonyl (C=O) groups excluding carboxylic acids is 1. The monoisotopic (exact) mass is 249 g/mol. The normalized spacial score (nSPS) is 15.7. The van der Waals surface area contributed by atoms with E-state index in [9.17, 15) is 4.79 Å². The van der Waals surface area contributed by atoms with Crippen LogP contribution in [0.3, 0.4) is 0 Å². The summed E-state index contributed by atoms with van der Waals surface area (Å²) in [5, 5.41) is 3.25. The van der Waals surface area contributed by atoms with Crippen LogP contribution in [0.15, 0.2) is 24.5 Å². The number of aromatic nitrogens is 1. The molecule has 1 aliphatic rings. The lowest BCUT2D eigenvalue weighted by Crippen LogP contribution is -2.41. The van der Waals surface area contributed by atoms with Crippen molar-refractivity contribution < 1.29 is 9.53 Å². The minimum atomic E-state index is 0.206. The standard InChI is InChI=1S/C13H19N3O2/c17-13(16-6-8-18-9-7-16)3-5-15-11-12-2-1-4-14-10-12/h1-2,4,10,15H,3,5-9,11H2. The van der Waals surface area contributed by atoms with Crippen LogP contribution in [0.25, 0.3) is 0 Å². The third-order valence-corrected chi connectivity index (χ3v) is 2.93. The van der Waals surface area contributed by atoms with Crippen molar-refractivity contribution in [2.45, 2.75) is 13.0 Å². The molecule has 1 aromatic rings. The molecule has 5 heteroatoms. The quantitative estimate of drug-likeness (QED) is 0.768. The van der Waals surface area contributed by atoms with Gasteiger partial charge in [0.05, 0.1) is 13.2 Å². The highest BCUT2D eigenvalue weighted by molar-refractivity contribution is 5.76.